The van der Waals surface area contributed by atoms with Crippen LogP contribution in [0.25, 0.3) is 0 Å². The zero-order chi connectivity index (χ0) is 9.52. The summed E-state index contributed by atoms with van der Waals surface area (Å²) >= 11 is 0. The molecule has 3 nitrogen and oxygen atoms in total. The third-order valence-corrected chi connectivity index (χ3v) is 1.75. The van der Waals surface area contributed by atoms with Gasteiger partial charge in [0.15, 0.2) is 5.82 Å². The molecule has 0 saturated carbocycles. The summed E-state index contributed by atoms with van der Waals surface area (Å²) in [5.74, 6) is 4.00. The Bertz CT molecular complexity index is 285. The van der Waals surface area contributed by atoms with Crippen molar-refractivity contribution >= 4 is 0 Å². The second kappa shape index (κ2) is 5.36. The topological polar surface area (TPSA) is 38.9 Å². The van der Waals surface area contributed by atoms with E-state index in [2.05, 4.69) is 23.0 Å². The van der Waals surface area contributed by atoms with Crippen molar-refractivity contribution in [3.63, 3.8) is 0 Å². The summed E-state index contributed by atoms with van der Waals surface area (Å²) < 4.78 is 5.01. The van der Waals surface area contributed by atoms with Gasteiger partial charge in [-0.1, -0.05) is 18.5 Å². The van der Waals surface area contributed by atoms with Crippen LogP contribution in [-0.2, 0) is 12.8 Å². The normalized spacial score (nSPS) is 9.85. The van der Waals surface area contributed by atoms with E-state index in [1.165, 1.54) is 0 Å². The van der Waals surface area contributed by atoms with E-state index >= 15 is 0 Å². The Morgan fingerprint density at radius 2 is 2.31 bits per heavy atom. The minimum absolute atomic E-state index is 0.657. The molecule has 70 valence electrons. The maximum atomic E-state index is 5.12. The third kappa shape index (κ3) is 3.29. The maximum absolute atomic E-state index is 5.12. The molecule has 1 heterocycles. The summed E-state index contributed by atoms with van der Waals surface area (Å²) in [7, 11) is 0. The largest absolute Gasteiger partial charge is 0.339 e. The highest BCUT2D eigenvalue weighted by Gasteiger charge is 2.03. The standard InChI is InChI=1S/C10H14N2O/c1-3-5-7-9-11-10(13-12-9)8-6-4-2/h2H,3,5-8H2,1H3. The van der Waals surface area contributed by atoms with Gasteiger partial charge in [-0.2, -0.15) is 4.98 Å². The number of terminal acetylenes is 1. The van der Waals surface area contributed by atoms with Gasteiger partial charge in [0.2, 0.25) is 5.89 Å². The van der Waals surface area contributed by atoms with Gasteiger partial charge in [0.1, 0.15) is 0 Å². The van der Waals surface area contributed by atoms with Crippen LogP contribution in [0.1, 0.15) is 37.9 Å². The Labute approximate surface area is 78.5 Å². The molecule has 0 unspecified atom stereocenters. The summed E-state index contributed by atoms with van der Waals surface area (Å²) in [5.41, 5.74) is 0. The number of rotatable bonds is 5. The van der Waals surface area contributed by atoms with Gasteiger partial charge in [-0.3, -0.25) is 0 Å². The van der Waals surface area contributed by atoms with Crippen molar-refractivity contribution in [2.75, 3.05) is 0 Å². The quantitative estimate of drug-likeness (QED) is 0.647. The molecular formula is C10H14N2O. The minimum Gasteiger partial charge on any atom is -0.339 e. The molecule has 0 fully saturated rings. The van der Waals surface area contributed by atoms with E-state index in [1.54, 1.807) is 0 Å². The maximum Gasteiger partial charge on any atom is 0.227 e. The van der Waals surface area contributed by atoms with Crippen LogP contribution in [0.2, 0.25) is 0 Å². The van der Waals surface area contributed by atoms with Crippen LogP contribution >= 0.6 is 0 Å². The van der Waals surface area contributed by atoms with Gasteiger partial charge < -0.3 is 4.52 Å². The van der Waals surface area contributed by atoms with Crippen molar-refractivity contribution in [3.05, 3.63) is 11.7 Å². The van der Waals surface area contributed by atoms with E-state index in [0.717, 1.165) is 25.1 Å². The molecule has 0 atom stereocenters. The van der Waals surface area contributed by atoms with Gasteiger partial charge in [0.05, 0.1) is 0 Å². The Hall–Kier alpha value is -1.30. The highest BCUT2D eigenvalue weighted by Crippen LogP contribution is 2.03. The molecule has 1 aromatic heterocycles. The molecule has 0 radical (unpaired) electrons. The fourth-order valence-electron chi connectivity index (χ4n) is 1.01. The molecule has 3 heteroatoms. The van der Waals surface area contributed by atoms with Crippen LogP contribution < -0.4 is 0 Å². The van der Waals surface area contributed by atoms with E-state index < -0.39 is 0 Å². The van der Waals surface area contributed by atoms with E-state index in [4.69, 9.17) is 10.9 Å². The second-order valence-corrected chi connectivity index (χ2v) is 2.91. The Balaban J connectivity index is 2.40. The number of aromatic nitrogens is 2. The molecule has 0 amide bonds. The number of hydrogen-bond acceptors (Lipinski definition) is 3. The molecule has 0 aliphatic rings. The van der Waals surface area contributed by atoms with Crippen molar-refractivity contribution in [1.82, 2.24) is 10.1 Å². The lowest BCUT2D eigenvalue weighted by Gasteiger charge is -1.87. The average Bonchev–Trinajstić information content (AvgIpc) is 2.59. The number of nitrogens with zero attached hydrogens (tertiary/aromatic N) is 2. The van der Waals surface area contributed by atoms with Crippen molar-refractivity contribution in [2.45, 2.75) is 39.0 Å². The van der Waals surface area contributed by atoms with Gasteiger partial charge in [-0.05, 0) is 6.42 Å². The summed E-state index contributed by atoms with van der Waals surface area (Å²) in [5, 5.41) is 3.85. The van der Waals surface area contributed by atoms with E-state index in [1.807, 2.05) is 0 Å². The predicted molar refractivity (Wildman–Crippen MR) is 50.1 cm³/mol. The SMILES string of the molecule is C#CCCc1nc(CCCC)no1. The van der Waals surface area contributed by atoms with Gasteiger partial charge in [0.25, 0.3) is 0 Å². The Kier molecular flexibility index (Phi) is 4.04. The van der Waals surface area contributed by atoms with Crippen LogP contribution in [0.3, 0.4) is 0 Å². The summed E-state index contributed by atoms with van der Waals surface area (Å²) in [6.07, 6.45) is 9.63. The highest BCUT2D eigenvalue weighted by molar-refractivity contribution is 4.92. The lowest BCUT2D eigenvalue weighted by atomic mass is 10.2. The molecule has 0 bridgehead atoms. The van der Waals surface area contributed by atoms with Crippen LogP contribution in [0, 0.1) is 12.3 Å². The lowest BCUT2D eigenvalue weighted by Crippen LogP contribution is -1.88. The van der Waals surface area contributed by atoms with E-state index in [0.29, 0.717) is 18.7 Å². The van der Waals surface area contributed by atoms with Gasteiger partial charge in [-0.25, -0.2) is 0 Å². The van der Waals surface area contributed by atoms with Crippen molar-refractivity contribution in [3.8, 4) is 12.3 Å². The zero-order valence-corrected chi connectivity index (χ0v) is 7.92. The first-order valence-corrected chi connectivity index (χ1v) is 4.61. The van der Waals surface area contributed by atoms with Gasteiger partial charge in [0, 0.05) is 19.3 Å². The van der Waals surface area contributed by atoms with Crippen LogP contribution in [0.4, 0.5) is 0 Å². The van der Waals surface area contributed by atoms with Crippen molar-refractivity contribution in [1.29, 1.82) is 0 Å². The van der Waals surface area contributed by atoms with Crippen LogP contribution in [-0.4, -0.2) is 10.1 Å². The minimum atomic E-state index is 0.657. The molecule has 0 aliphatic heterocycles. The van der Waals surface area contributed by atoms with Gasteiger partial charge >= 0.3 is 0 Å². The molecule has 0 saturated heterocycles. The van der Waals surface area contributed by atoms with Crippen molar-refractivity contribution in [2.24, 2.45) is 0 Å². The van der Waals surface area contributed by atoms with E-state index in [-0.39, 0.29) is 0 Å². The number of aryl methyl sites for hydroxylation is 2. The number of hydrogen-bond donors (Lipinski definition) is 0. The van der Waals surface area contributed by atoms with Crippen molar-refractivity contribution < 1.29 is 4.52 Å². The molecule has 0 N–H and O–H groups in total. The Morgan fingerprint density at radius 1 is 1.46 bits per heavy atom. The Morgan fingerprint density at radius 3 is 3.00 bits per heavy atom. The molecule has 0 spiro atoms. The monoisotopic (exact) mass is 178 g/mol. The first-order valence-electron chi connectivity index (χ1n) is 4.61. The predicted octanol–water partition coefficient (Wildman–Crippen LogP) is 1.98. The lowest BCUT2D eigenvalue weighted by molar-refractivity contribution is 0.373. The number of unbranched alkanes of at least 4 members (excludes halogenated alkanes) is 1. The van der Waals surface area contributed by atoms with Gasteiger partial charge in [-0.15, -0.1) is 12.3 Å². The average molecular weight is 178 g/mol. The fraction of sp³-hybridized carbons (Fsp3) is 0.600. The van der Waals surface area contributed by atoms with Crippen LogP contribution in [0.5, 0.6) is 0 Å². The second-order valence-electron chi connectivity index (χ2n) is 2.91. The highest BCUT2D eigenvalue weighted by atomic mass is 16.5. The van der Waals surface area contributed by atoms with Crippen LogP contribution in [0.15, 0.2) is 4.52 Å². The summed E-state index contributed by atoms with van der Waals surface area (Å²) in [4.78, 5) is 4.21. The molecule has 0 aliphatic carbocycles. The molecule has 1 rings (SSSR count). The molecule has 0 aromatic carbocycles. The first kappa shape index (κ1) is 9.79. The molecule has 1 aromatic rings. The van der Waals surface area contributed by atoms with E-state index in [9.17, 15) is 0 Å². The summed E-state index contributed by atoms with van der Waals surface area (Å²) in [6.45, 7) is 2.14. The zero-order valence-electron chi connectivity index (χ0n) is 7.92. The summed E-state index contributed by atoms with van der Waals surface area (Å²) in [6, 6.07) is 0. The third-order valence-electron chi connectivity index (χ3n) is 1.75. The molecule has 13 heavy (non-hydrogen) atoms. The fourth-order valence-corrected chi connectivity index (χ4v) is 1.01. The first-order chi connectivity index (χ1) is 6.36. The molecular weight excluding hydrogens is 164 g/mol. The smallest absolute Gasteiger partial charge is 0.227 e.